The van der Waals surface area contributed by atoms with Gasteiger partial charge in [-0.2, -0.15) is 0 Å². The van der Waals surface area contributed by atoms with Crippen LogP contribution in [0.1, 0.15) is 19.3 Å². The summed E-state index contributed by atoms with van der Waals surface area (Å²) in [5.41, 5.74) is 0. The second kappa shape index (κ2) is 5.80. The van der Waals surface area contributed by atoms with E-state index >= 15 is 0 Å². The van der Waals surface area contributed by atoms with Crippen LogP contribution in [-0.4, -0.2) is 57.1 Å². The van der Waals surface area contributed by atoms with Crippen molar-refractivity contribution in [3.05, 3.63) is 0 Å². The number of hydrogen-bond donors (Lipinski definition) is 1. The molecule has 2 saturated heterocycles. The van der Waals surface area contributed by atoms with E-state index in [1.54, 1.807) is 0 Å². The highest BCUT2D eigenvalue weighted by molar-refractivity contribution is 4.78. The van der Waals surface area contributed by atoms with Gasteiger partial charge in [-0.15, -0.1) is 0 Å². The van der Waals surface area contributed by atoms with Crippen LogP contribution in [0.15, 0.2) is 0 Å². The van der Waals surface area contributed by atoms with Crippen molar-refractivity contribution in [2.24, 2.45) is 0 Å². The molecule has 0 aromatic carbocycles. The summed E-state index contributed by atoms with van der Waals surface area (Å²) in [7, 11) is 2.18. The van der Waals surface area contributed by atoms with E-state index in [0.717, 1.165) is 26.1 Å². The highest BCUT2D eigenvalue weighted by Crippen LogP contribution is 2.10. The molecule has 1 N–H and O–H groups in total. The number of rotatable bonds is 4. The first-order valence-corrected chi connectivity index (χ1v) is 5.96. The quantitative estimate of drug-likeness (QED) is 0.736. The van der Waals surface area contributed by atoms with Gasteiger partial charge in [0.05, 0.1) is 12.7 Å². The van der Waals surface area contributed by atoms with E-state index in [0.29, 0.717) is 18.9 Å². The molecule has 2 aliphatic rings. The number of hydrogen-bond acceptors (Lipinski definition) is 4. The molecule has 0 aliphatic carbocycles. The van der Waals surface area contributed by atoms with Crippen LogP contribution in [-0.2, 0) is 9.47 Å². The first kappa shape index (κ1) is 11.3. The highest BCUT2D eigenvalue weighted by Gasteiger charge is 2.20. The van der Waals surface area contributed by atoms with Crippen molar-refractivity contribution < 1.29 is 9.47 Å². The highest BCUT2D eigenvalue weighted by atomic mass is 16.7. The number of nitrogens with one attached hydrogen (secondary N) is 1. The van der Waals surface area contributed by atoms with Crippen molar-refractivity contribution in [2.45, 2.75) is 31.4 Å². The molecule has 4 heteroatoms. The van der Waals surface area contributed by atoms with Crippen LogP contribution in [0.4, 0.5) is 0 Å². The fourth-order valence-electron chi connectivity index (χ4n) is 2.36. The normalized spacial score (nSPS) is 32.4. The summed E-state index contributed by atoms with van der Waals surface area (Å²) in [6.45, 7) is 4.68. The number of ether oxygens (including phenoxy) is 2. The predicted molar refractivity (Wildman–Crippen MR) is 58.8 cm³/mol. The molecular formula is C11H22N2O2. The van der Waals surface area contributed by atoms with Gasteiger partial charge in [0.25, 0.3) is 0 Å². The molecule has 2 unspecified atom stereocenters. The topological polar surface area (TPSA) is 33.7 Å². The molecule has 0 radical (unpaired) electrons. The third kappa shape index (κ3) is 3.72. The molecule has 0 aromatic heterocycles. The molecule has 2 heterocycles. The Morgan fingerprint density at radius 2 is 2.27 bits per heavy atom. The molecule has 15 heavy (non-hydrogen) atoms. The van der Waals surface area contributed by atoms with Gasteiger partial charge in [-0.25, -0.2) is 0 Å². The zero-order valence-corrected chi connectivity index (χ0v) is 9.58. The van der Waals surface area contributed by atoms with Gasteiger partial charge in [-0.3, -0.25) is 0 Å². The molecule has 88 valence electrons. The van der Waals surface area contributed by atoms with Gasteiger partial charge in [0.1, 0.15) is 6.79 Å². The molecule has 0 amide bonds. The summed E-state index contributed by atoms with van der Waals surface area (Å²) in [6, 6.07) is 0.690. The zero-order valence-electron chi connectivity index (χ0n) is 9.58. The minimum absolute atomic E-state index is 0.366. The van der Waals surface area contributed by atoms with Crippen molar-refractivity contribution in [2.75, 3.05) is 40.1 Å². The van der Waals surface area contributed by atoms with Gasteiger partial charge >= 0.3 is 0 Å². The van der Waals surface area contributed by atoms with E-state index in [2.05, 4.69) is 17.3 Å². The van der Waals surface area contributed by atoms with E-state index < -0.39 is 0 Å². The van der Waals surface area contributed by atoms with Crippen molar-refractivity contribution in [3.8, 4) is 0 Å². The second-order valence-corrected chi connectivity index (χ2v) is 4.62. The van der Waals surface area contributed by atoms with Gasteiger partial charge in [0.15, 0.2) is 0 Å². The molecule has 2 atom stereocenters. The Hall–Kier alpha value is -0.160. The fraction of sp³-hybridized carbons (Fsp3) is 1.00. The molecule has 0 spiro atoms. The standard InChI is InChI=1S/C11H22N2O2/c1-13(7-10-3-2-5-12-10)8-11-4-6-14-9-15-11/h10-12H,2-9H2,1H3. The van der Waals surface area contributed by atoms with Crippen molar-refractivity contribution in [3.63, 3.8) is 0 Å². The molecule has 4 nitrogen and oxygen atoms in total. The van der Waals surface area contributed by atoms with Gasteiger partial charge < -0.3 is 19.7 Å². The van der Waals surface area contributed by atoms with E-state index in [9.17, 15) is 0 Å². The first-order chi connectivity index (χ1) is 7.34. The largest absolute Gasteiger partial charge is 0.355 e. The van der Waals surface area contributed by atoms with Gasteiger partial charge in [-0.05, 0) is 32.9 Å². The van der Waals surface area contributed by atoms with E-state index in [1.807, 2.05) is 0 Å². The summed E-state index contributed by atoms with van der Waals surface area (Å²) in [4.78, 5) is 2.37. The summed E-state index contributed by atoms with van der Waals surface area (Å²) in [5, 5.41) is 3.52. The van der Waals surface area contributed by atoms with Crippen LogP contribution in [0.5, 0.6) is 0 Å². The second-order valence-electron chi connectivity index (χ2n) is 4.62. The number of nitrogens with zero attached hydrogens (tertiary/aromatic N) is 1. The van der Waals surface area contributed by atoms with E-state index in [1.165, 1.54) is 19.4 Å². The van der Waals surface area contributed by atoms with Crippen LogP contribution >= 0.6 is 0 Å². The van der Waals surface area contributed by atoms with Crippen LogP contribution in [0.2, 0.25) is 0 Å². The SMILES string of the molecule is CN(CC1CCCN1)CC1CCOCO1. The number of likely N-dealkylation sites (N-methyl/N-ethyl adjacent to an activating group) is 1. The van der Waals surface area contributed by atoms with Crippen LogP contribution in [0, 0.1) is 0 Å². The third-order valence-corrected chi connectivity index (χ3v) is 3.18. The lowest BCUT2D eigenvalue weighted by atomic mass is 10.2. The van der Waals surface area contributed by atoms with Gasteiger partial charge in [-0.1, -0.05) is 0 Å². The fourth-order valence-corrected chi connectivity index (χ4v) is 2.36. The van der Waals surface area contributed by atoms with E-state index in [-0.39, 0.29) is 0 Å². The van der Waals surface area contributed by atoms with E-state index in [4.69, 9.17) is 9.47 Å². The van der Waals surface area contributed by atoms with Crippen LogP contribution < -0.4 is 5.32 Å². The average molecular weight is 214 g/mol. The molecular weight excluding hydrogens is 192 g/mol. The molecule has 0 bridgehead atoms. The minimum Gasteiger partial charge on any atom is -0.355 e. The Morgan fingerprint density at radius 3 is 2.93 bits per heavy atom. The lowest BCUT2D eigenvalue weighted by Gasteiger charge is -2.28. The Kier molecular flexibility index (Phi) is 4.38. The molecule has 2 rings (SSSR count). The van der Waals surface area contributed by atoms with Gasteiger partial charge in [0.2, 0.25) is 0 Å². The summed E-state index contributed by atoms with van der Waals surface area (Å²) < 4.78 is 10.7. The Balaban J connectivity index is 1.64. The molecule has 0 aromatic rings. The Labute approximate surface area is 91.9 Å². The molecule has 2 aliphatic heterocycles. The van der Waals surface area contributed by atoms with Crippen molar-refractivity contribution in [1.82, 2.24) is 10.2 Å². The molecule has 0 saturated carbocycles. The molecule has 2 fully saturated rings. The zero-order chi connectivity index (χ0) is 10.5. The summed E-state index contributed by atoms with van der Waals surface area (Å²) in [6.07, 6.45) is 4.04. The lowest BCUT2D eigenvalue weighted by molar-refractivity contribution is -0.143. The smallest absolute Gasteiger partial charge is 0.147 e. The Bertz CT molecular complexity index is 177. The maximum atomic E-state index is 5.53. The average Bonchev–Trinajstić information content (AvgIpc) is 2.71. The van der Waals surface area contributed by atoms with Gasteiger partial charge in [0, 0.05) is 19.1 Å². The minimum atomic E-state index is 0.366. The van der Waals surface area contributed by atoms with Crippen LogP contribution in [0.3, 0.4) is 0 Å². The third-order valence-electron chi connectivity index (χ3n) is 3.18. The lowest BCUT2D eigenvalue weighted by Crippen LogP contribution is -2.41. The van der Waals surface area contributed by atoms with Crippen molar-refractivity contribution in [1.29, 1.82) is 0 Å². The Morgan fingerprint density at radius 1 is 1.33 bits per heavy atom. The maximum Gasteiger partial charge on any atom is 0.147 e. The summed E-state index contributed by atoms with van der Waals surface area (Å²) in [5.74, 6) is 0. The van der Waals surface area contributed by atoms with Crippen molar-refractivity contribution >= 4 is 0 Å². The predicted octanol–water partition coefficient (Wildman–Crippen LogP) is 0.433. The monoisotopic (exact) mass is 214 g/mol. The van der Waals surface area contributed by atoms with Crippen LogP contribution in [0.25, 0.3) is 0 Å². The summed E-state index contributed by atoms with van der Waals surface area (Å²) >= 11 is 0. The maximum absolute atomic E-state index is 5.53. The first-order valence-electron chi connectivity index (χ1n) is 5.96.